The predicted molar refractivity (Wildman–Crippen MR) is 235 cm³/mol. The number of hydrogen-bond acceptors (Lipinski definition) is 3. The molecule has 0 radical (unpaired) electrons. The summed E-state index contributed by atoms with van der Waals surface area (Å²) >= 11 is 1.71. The Morgan fingerprint density at radius 3 is 1.55 bits per heavy atom. The first-order valence-corrected chi connectivity index (χ1v) is 18.1. The Morgan fingerprint density at radius 1 is 0.585 bits per heavy atom. The summed E-state index contributed by atoms with van der Waals surface area (Å²) in [6.07, 6.45) is 1.15. The SMILES string of the molecule is C.C.C.C.CC(C)(C)Cc1ccc(C(F)(F)F)cc1.CC(C)(C)c1cc2ccccc2cn1.CC(C)(C)c1ccc2ncsc2c1.CCCC(C)(C)C. The summed E-state index contributed by atoms with van der Waals surface area (Å²) < 4.78 is 38.1. The van der Waals surface area contributed by atoms with Crippen LogP contribution in [0.15, 0.2) is 84.5 Å². The van der Waals surface area contributed by atoms with E-state index >= 15 is 0 Å². The first kappa shape index (κ1) is 54.1. The van der Waals surface area contributed by atoms with E-state index in [4.69, 9.17) is 0 Å². The fraction of sp³-hybridized carbons (Fsp3) is 0.532. The van der Waals surface area contributed by atoms with Crippen LogP contribution in [0.25, 0.3) is 21.0 Å². The van der Waals surface area contributed by atoms with E-state index in [1.807, 2.05) is 17.8 Å². The summed E-state index contributed by atoms with van der Waals surface area (Å²) in [6, 6.07) is 22.4. The molecule has 0 fully saturated rings. The van der Waals surface area contributed by atoms with Crippen LogP contribution in [0.5, 0.6) is 0 Å². The van der Waals surface area contributed by atoms with Crippen LogP contribution in [0.3, 0.4) is 0 Å². The van der Waals surface area contributed by atoms with Crippen molar-refractivity contribution in [1.82, 2.24) is 9.97 Å². The number of rotatable bonds is 2. The van der Waals surface area contributed by atoms with Crippen LogP contribution < -0.4 is 0 Å². The summed E-state index contributed by atoms with van der Waals surface area (Å²) in [7, 11) is 0. The smallest absolute Gasteiger partial charge is 0.260 e. The second kappa shape index (κ2) is 22.2. The topological polar surface area (TPSA) is 25.8 Å². The molecule has 5 aromatic rings. The lowest BCUT2D eigenvalue weighted by molar-refractivity contribution is -0.137. The van der Waals surface area contributed by atoms with Crippen LogP contribution in [0.2, 0.25) is 0 Å². The van der Waals surface area contributed by atoms with Crippen LogP contribution in [-0.2, 0) is 23.4 Å². The third-order valence-electron chi connectivity index (χ3n) is 7.61. The zero-order valence-corrected chi connectivity index (χ0v) is 33.0. The lowest BCUT2D eigenvalue weighted by Gasteiger charge is -2.18. The van der Waals surface area contributed by atoms with E-state index in [0.29, 0.717) is 5.41 Å². The Balaban J connectivity index is -0.000000630. The molecule has 53 heavy (non-hydrogen) atoms. The third kappa shape index (κ3) is 20.1. The monoisotopic (exact) mass is 757 g/mol. The number of aromatic nitrogens is 2. The highest BCUT2D eigenvalue weighted by Crippen LogP contribution is 2.31. The molecule has 2 nitrogen and oxygen atoms in total. The van der Waals surface area contributed by atoms with Crippen molar-refractivity contribution in [2.24, 2.45) is 10.8 Å². The minimum absolute atomic E-state index is 0. The molecular formula is C47H75F3N2S. The fourth-order valence-corrected chi connectivity index (χ4v) is 5.71. The number of nitrogens with zero attached hydrogens (tertiary/aromatic N) is 2. The minimum atomic E-state index is -4.24. The van der Waals surface area contributed by atoms with Gasteiger partial charge in [0.25, 0.3) is 0 Å². The molecule has 2 aromatic heterocycles. The number of benzene rings is 3. The molecule has 0 saturated carbocycles. The maximum atomic E-state index is 12.3. The number of fused-ring (bicyclic) bond motifs is 2. The van der Waals surface area contributed by atoms with E-state index in [0.717, 1.165) is 35.3 Å². The van der Waals surface area contributed by atoms with Gasteiger partial charge in [0.2, 0.25) is 0 Å². The summed E-state index contributed by atoms with van der Waals surface area (Å²) in [6.45, 7) is 28.5. The number of halogens is 3. The first-order chi connectivity index (χ1) is 22.4. The number of alkyl halides is 3. The van der Waals surface area contributed by atoms with Crippen molar-refractivity contribution in [2.45, 2.75) is 156 Å². The van der Waals surface area contributed by atoms with Gasteiger partial charge in [-0.05, 0) is 75.9 Å². The summed E-state index contributed by atoms with van der Waals surface area (Å²) in [4.78, 5) is 8.74. The molecule has 0 N–H and O–H groups in total. The molecule has 0 aliphatic heterocycles. The molecule has 2 heterocycles. The van der Waals surface area contributed by atoms with Crippen LogP contribution >= 0.6 is 11.3 Å². The van der Waals surface area contributed by atoms with Gasteiger partial charge in [0, 0.05) is 22.7 Å². The third-order valence-corrected chi connectivity index (χ3v) is 8.40. The number of pyridine rings is 1. The molecular weight excluding hydrogens is 682 g/mol. The van der Waals surface area contributed by atoms with E-state index in [9.17, 15) is 13.2 Å². The van der Waals surface area contributed by atoms with Gasteiger partial charge in [0.1, 0.15) is 0 Å². The molecule has 0 spiro atoms. The van der Waals surface area contributed by atoms with Gasteiger partial charge < -0.3 is 0 Å². The van der Waals surface area contributed by atoms with E-state index in [1.165, 1.54) is 33.9 Å². The molecule has 300 valence electrons. The highest BCUT2D eigenvalue weighted by Gasteiger charge is 2.30. The largest absolute Gasteiger partial charge is 0.416 e. The van der Waals surface area contributed by atoms with Crippen molar-refractivity contribution in [3.05, 3.63) is 107 Å². The molecule has 0 atom stereocenters. The average molecular weight is 757 g/mol. The molecule has 0 bridgehead atoms. The lowest BCUT2D eigenvalue weighted by atomic mass is 9.87. The number of hydrogen-bond donors (Lipinski definition) is 0. The Bertz CT molecular complexity index is 1710. The average Bonchev–Trinajstić information content (AvgIpc) is 3.44. The van der Waals surface area contributed by atoms with Gasteiger partial charge in [-0.15, -0.1) is 11.3 Å². The van der Waals surface area contributed by atoms with E-state index in [-0.39, 0.29) is 46.0 Å². The Labute approximate surface area is 328 Å². The second-order valence-corrected chi connectivity index (χ2v) is 18.1. The summed E-state index contributed by atoms with van der Waals surface area (Å²) in [5.74, 6) is 0. The summed E-state index contributed by atoms with van der Waals surface area (Å²) in [5, 5.41) is 2.48. The van der Waals surface area contributed by atoms with Gasteiger partial charge >= 0.3 is 6.18 Å². The maximum absolute atomic E-state index is 12.3. The van der Waals surface area contributed by atoms with E-state index < -0.39 is 11.7 Å². The van der Waals surface area contributed by atoms with Crippen LogP contribution in [0.1, 0.15) is 155 Å². The zero-order chi connectivity index (χ0) is 37.3. The second-order valence-electron chi connectivity index (χ2n) is 17.2. The minimum Gasteiger partial charge on any atom is -0.260 e. The summed E-state index contributed by atoms with van der Waals surface area (Å²) in [5.41, 5.74) is 6.91. The van der Waals surface area contributed by atoms with Gasteiger partial charge in [0.15, 0.2) is 0 Å². The normalized spacial score (nSPS) is 11.4. The Morgan fingerprint density at radius 2 is 1.11 bits per heavy atom. The number of thiazole rings is 1. The van der Waals surface area contributed by atoms with E-state index in [2.05, 4.69) is 142 Å². The van der Waals surface area contributed by atoms with Crippen molar-refractivity contribution in [1.29, 1.82) is 0 Å². The molecule has 0 unspecified atom stereocenters. The molecule has 5 rings (SSSR count). The molecule has 0 aliphatic carbocycles. The molecule has 0 amide bonds. The highest BCUT2D eigenvalue weighted by molar-refractivity contribution is 7.16. The molecule has 6 heteroatoms. The van der Waals surface area contributed by atoms with Gasteiger partial charge in [-0.3, -0.25) is 4.98 Å². The van der Waals surface area contributed by atoms with E-state index in [1.54, 1.807) is 23.5 Å². The fourth-order valence-electron chi connectivity index (χ4n) is 4.99. The predicted octanol–water partition coefficient (Wildman–Crippen LogP) is 16.8. The Hall–Kier alpha value is -3.25. The van der Waals surface area contributed by atoms with Crippen molar-refractivity contribution in [3.63, 3.8) is 0 Å². The van der Waals surface area contributed by atoms with Gasteiger partial charge in [0.05, 0.1) is 21.3 Å². The first-order valence-electron chi connectivity index (χ1n) is 17.2. The van der Waals surface area contributed by atoms with Crippen molar-refractivity contribution in [2.75, 3.05) is 0 Å². The van der Waals surface area contributed by atoms with Gasteiger partial charge in [-0.25, -0.2) is 4.98 Å². The van der Waals surface area contributed by atoms with Crippen molar-refractivity contribution in [3.8, 4) is 0 Å². The van der Waals surface area contributed by atoms with Crippen molar-refractivity contribution < 1.29 is 13.2 Å². The van der Waals surface area contributed by atoms with Crippen molar-refractivity contribution >= 4 is 32.3 Å². The van der Waals surface area contributed by atoms with Crippen LogP contribution in [-0.4, -0.2) is 9.97 Å². The molecule has 0 aliphatic rings. The molecule has 0 saturated heterocycles. The van der Waals surface area contributed by atoms with Crippen LogP contribution in [0, 0.1) is 10.8 Å². The van der Waals surface area contributed by atoms with Gasteiger partial charge in [-0.2, -0.15) is 13.2 Å². The Kier molecular flexibility index (Phi) is 22.7. The highest BCUT2D eigenvalue weighted by atomic mass is 32.1. The quantitative estimate of drug-likeness (QED) is 0.179. The zero-order valence-electron chi connectivity index (χ0n) is 32.1. The standard InChI is InChI=1S/C13H15N.C12H15F3.C11H13NS.C7H16.4CH4/c1-13(2,3)12-8-10-6-4-5-7-11(10)9-14-12;1-11(2,3)8-9-4-6-10(7-5-9)12(13,14)15;1-11(2,3)8-4-5-9-10(6-8)13-7-12-9;1-5-6-7(2,3)4;;;;/h4-9H,1-3H3;4-7H,8H2,1-3H3;4-7H,1-3H3;5-6H2,1-4H3;4*1H4. The lowest BCUT2D eigenvalue weighted by Crippen LogP contribution is -2.12. The maximum Gasteiger partial charge on any atom is 0.416 e. The molecule has 3 aromatic carbocycles. The van der Waals surface area contributed by atoms with Gasteiger partial charge in [-0.1, -0.05) is 169 Å². The van der Waals surface area contributed by atoms with Crippen LogP contribution in [0.4, 0.5) is 13.2 Å².